The second kappa shape index (κ2) is 3.60. The van der Waals surface area contributed by atoms with Crippen molar-refractivity contribution >= 4 is 18.0 Å². The highest BCUT2D eigenvalue weighted by Crippen LogP contribution is 2.52. The topological polar surface area (TPSA) is 26.3 Å². The second-order valence-electron chi connectivity index (χ2n) is 2.06. The van der Waals surface area contributed by atoms with Gasteiger partial charge in [0.25, 0.3) is 6.72 Å². The summed E-state index contributed by atoms with van der Waals surface area (Å²) in [5, 5.41) is 0. The molecule has 1 atom stereocenters. The van der Waals surface area contributed by atoms with E-state index in [-0.39, 0.29) is 6.10 Å². The van der Waals surface area contributed by atoms with Crippen LogP contribution in [0.15, 0.2) is 0 Å². The molecule has 0 aromatic heterocycles. The summed E-state index contributed by atoms with van der Waals surface area (Å²) >= 11 is 5.45. The van der Waals surface area contributed by atoms with Crippen molar-refractivity contribution in [2.24, 2.45) is 0 Å². The normalized spacial score (nSPS) is 17.9. The Morgan fingerprint density at radius 2 is 2.11 bits per heavy atom. The molecule has 0 aliphatic carbocycles. The summed E-state index contributed by atoms with van der Waals surface area (Å²) < 4.78 is 15.8. The molecule has 0 N–H and O–H groups in total. The first kappa shape index (κ1) is 9.48. The molecule has 0 radical (unpaired) electrons. The fraction of sp³-hybridized carbons (Fsp3) is 1.00. The lowest BCUT2D eigenvalue weighted by atomic mass is 10.5. The first-order valence-corrected chi connectivity index (χ1v) is 5.66. The van der Waals surface area contributed by atoms with E-state index in [0.29, 0.717) is 6.16 Å². The molecule has 0 unspecified atom stereocenters. The summed E-state index contributed by atoms with van der Waals surface area (Å²) in [6.45, 7) is 2.61. The van der Waals surface area contributed by atoms with Crippen molar-refractivity contribution in [2.75, 3.05) is 6.16 Å². The van der Waals surface area contributed by atoms with Crippen LogP contribution in [-0.2, 0) is 9.09 Å². The van der Waals surface area contributed by atoms with Crippen molar-refractivity contribution in [1.29, 1.82) is 0 Å². The van der Waals surface area contributed by atoms with E-state index in [4.69, 9.17) is 15.8 Å². The largest absolute Gasteiger partial charge is 0.315 e. The summed E-state index contributed by atoms with van der Waals surface area (Å²) in [6.07, 6.45) is 0.348. The van der Waals surface area contributed by atoms with Crippen LogP contribution in [0.2, 0.25) is 0 Å². The van der Waals surface area contributed by atoms with Crippen LogP contribution in [0.25, 0.3) is 0 Å². The maximum absolute atomic E-state index is 10.9. The van der Waals surface area contributed by atoms with Gasteiger partial charge in [-0.3, -0.25) is 4.57 Å². The van der Waals surface area contributed by atoms with Gasteiger partial charge in [-0.25, -0.2) is 0 Å². The molecule has 0 bridgehead atoms. The maximum atomic E-state index is 10.9. The fourth-order valence-corrected chi connectivity index (χ4v) is 1.65. The minimum Gasteiger partial charge on any atom is -0.315 e. The predicted octanol–water partition coefficient (Wildman–Crippen LogP) is 2.86. The van der Waals surface area contributed by atoms with E-state index in [1.807, 2.05) is 13.8 Å². The van der Waals surface area contributed by atoms with Gasteiger partial charge in [0, 0.05) is 6.16 Å². The molecule has 0 spiro atoms. The van der Waals surface area contributed by atoms with Crippen molar-refractivity contribution in [3.05, 3.63) is 0 Å². The fourth-order valence-electron chi connectivity index (χ4n) is 0.389. The molecule has 0 aromatic carbocycles. The first-order chi connectivity index (χ1) is 3.98. The Morgan fingerprint density at radius 1 is 1.67 bits per heavy atom. The van der Waals surface area contributed by atoms with Crippen LogP contribution in [0.4, 0.5) is 0 Å². The van der Waals surface area contributed by atoms with Crippen LogP contribution in [0, 0.1) is 0 Å². The highest BCUT2D eigenvalue weighted by molar-refractivity contribution is 7.85. The Labute approximate surface area is 60.8 Å². The van der Waals surface area contributed by atoms with Crippen LogP contribution in [0.3, 0.4) is 0 Å². The zero-order valence-corrected chi connectivity index (χ0v) is 7.58. The van der Waals surface area contributed by atoms with Gasteiger partial charge < -0.3 is 4.52 Å². The number of hydrogen-bond donors (Lipinski definition) is 0. The third kappa shape index (κ3) is 4.95. The van der Waals surface area contributed by atoms with Crippen LogP contribution >= 0.6 is 18.0 Å². The van der Waals surface area contributed by atoms with E-state index in [9.17, 15) is 4.57 Å². The van der Waals surface area contributed by atoms with Gasteiger partial charge in [0.2, 0.25) is 0 Å². The number of hydrogen-bond acceptors (Lipinski definition) is 2. The lowest BCUT2D eigenvalue weighted by Gasteiger charge is -2.11. The zero-order valence-electron chi connectivity index (χ0n) is 5.93. The Morgan fingerprint density at radius 3 is 2.22 bits per heavy atom. The molecular formula is C5H12ClO2P. The molecule has 0 saturated carbocycles. The van der Waals surface area contributed by atoms with E-state index in [2.05, 4.69) is 0 Å². The Kier molecular flexibility index (Phi) is 3.79. The van der Waals surface area contributed by atoms with Gasteiger partial charge in [-0.2, -0.15) is 0 Å². The number of rotatable bonds is 3. The smallest absolute Gasteiger partial charge is 0.290 e. The lowest BCUT2D eigenvalue weighted by Crippen LogP contribution is -1.98. The quantitative estimate of drug-likeness (QED) is 0.609. The molecule has 2 nitrogen and oxygen atoms in total. The maximum Gasteiger partial charge on any atom is 0.290 e. The van der Waals surface area contributed by atoms with E-state index in [1.54, 1.807) is 6.92 Å². The van der Waals surface area contributed by atoms with Crippen LogP contribution < -0.4 is 0 Å². The molecular weight excluding hydrogens is 158 g/mol. The van der Waals surface area contributed by atoms with Crippen molar-refractivity contribution in [1.82, 2.24) is 0 Å². The minimum atomic E-state index is -2.76. The molecule has 0 aliphatic heterocycles. The van der Waals surface area contributed by atoms with E-state index in [0.717, 1.165) is 0 Å². The van der Waals surface area contributed by atoms with Gasteiger partial charge in [0.05, 0.1) is 6.10 Å². The van der Waals surface area contributed by atoms with Gasteiger partial charge in [0.1, 0.15) is 0 Å². The van der Waals surface area contributed by atoms with E-state index >= 15 is 0 Å². The molecule has 0 rings (SSSR count). The molecule has 9 heavy (non-hydrogen) atoms. The van der Waals surface area contributed by atoms with Gasteiger partial charge in [0.15, 0.2) is 0 Å². The molecule has 0 aromatic rings. The molecule has 0 heterocycles. The van der Waals surface area contributed by atoms with E-state index < -0.39 is 6.72 Å². The van der Waals surface area contributed by atoms with Crippen LogP contribution in [0.5, 0.6) is 0 Å². The monoisotopic (exact) mass is 170 g/mol. The third-order valence-electron chi connectivity index (χ3n) is 0.746. The predicted molar refractivity (Wildman–Crippen MR) is 40.2 cm³/mol. The van der Waals surface area contributed by atoms with Crippen molar-refractivity contribution in [3.63, 3.8) is 0 Å². The summed E-state index contributed by atoms with van der Waals surface area (Å²) in [6, 6.07) is 0. The van der Waals surface area contributed by atoms with Crippen LogP contribution in [0.1, 0.15) is 20.8 Å². The van der Waals surface area contributed by atoms with Gasteiger partial charge in [-0.1, -0.05) is 6.92 Å². The number of halogens is 1. The molecule has 4 heteroatoms. The molecule has 0 amide bonds. The Bertz CT molecular complexity index is 124. The molecule has 56 valence electrons. The third-order valence-corrected chi connectivity index (χ3v) is 3.19. The van der Waals surface area contributed by atoms with Gasteiger partial charge >= 0.3 is 0 Å². The Hall–Kier alpha value is 0.480. The lowest BCUT2D eigenvalue weighted by molar-refractivity contribution is 0.252. The van der Waals surface area contributed by atoms with Crippen molar-refractivity contribution < 1.29 is 9.09 Å². The second-order valence-corrected chi connectivity index (χ2v) is 5.63. The summed E-state index contributed by atoms with van der Waals surface area (Å²) in [5.41, 5.74) is 0. The summed E-state index contributed by atoms with van der Waals surface area (Å²) in [4.78, 5) is 0. The highest BCUT2D eigenvalue weighted by atomic mass is 35.7. The Balaban J connectivity index is 3.73. The highest BCUT2D eigenvalue weighted by Gasteiger charge is 2.16. The molecule has 0 saturated heterocycles. The summed E-state index contributed by atoms with van der Waals surface area (Å²) in [7, 11) is 0. The SMILES string of the molecule is CC[P@@](=O)(Cl)OC(C)C. The van der Waals surface area contributed by atoms with E-state index in [1.165, 1.54) is 0 Å². The molecule has 0 aliphatic rings. The van der Waals surface area contributed by atoms with Gasteiger partial charge in [-0.15, -0.1) is 0 Å². The average Bonchev–Trinajstić information content (AvgIpc) is 1.63. The standard InChI is InChI=1S/C5H12ClO2P/c1-4-9(6,7)8-5(2)3/h5H,4H2,1-3H3/t9-/m0/s1. The van der Waals surface area contributed by atoms with Crippen LogP contribution in [-0.4, -0.2) is 12.3 Å². The molecule has 0 fully saturated rings. The van der Waals surface area contributed by atoms with Crippen molar-refractivity contribution in [2.45, 2.75) is 26.9 Å². The zero-order chi connectivity index (χ0) is 7.49. The van der Waals surface area contributed by atoms with Gasteiger partial charge in [-0.05, 0) is 25.1 Å². The minimum absolute atomic E-state index is 0.0479. The van der Waals surface area contributed by atoms with Crippen molar-refractivity contribution in [3.8, 4) is 0 Å². The summed E-state index contributed by atoms with van der Waals surface area (Å²) in [5.74, 6) is 0. The first-order valence-electron chi connectivity index (χ1n) is 2.95. The average molecular weight is 171 g/mol.